The van der Waals surface area contributed by atoms with E-state index in [9.17, 15) is 8.42 Å². The second-order valence-corrected chi connectivity index (χ2v) is 6.46. The lowest BCUT2D eigenvalue weighted by molar-refractivity contribution is 0.601. The Balaban J connectivity index is 2.43. The van der Waals surface area contributed by atoms with E-state index in [2.05, 4.69) is 10.6 Å². The van der Waals surface area contributed by atoms with E-state index < -0.39 is 10.0 Å². The molecule has 0 saturated carbocycles. The number of nitrogens with one attached hydrogen (secondary N) is 1. The Hall–Kier alpha value is -2.45. The second kappa shape index (κ2) is 5.51. The Morgan fingerprint density at radius 1 is 1.14 bits per heavy atom. The van der Waals surface area contributed by atoms with Crippen LogP contribution in [0, 0.1) is 26.2 Å². The molecule has 0 amide bonds. The van der Waals surface area contributed by atoms with Gasteiger partial charge in [0.1, 0.15) is 4.90 Å². The van der Waals surface area contributed by atoms with Crippen molar-refractivity contribution in [3.63, 3.8) is 0 Å². The van der Waals surface area contributed by atoms with Crippen molar-refractivity contribution in [2.24, 2.45) is 0 Å². The largest absolute Gasteiger partial charge is 0.398 e. The maximum Gasteiger partial charge on any atom is 0.263 e. The van der Waals surface area contributed by atoms with Crippen LogP contribution < -0.4 is 10.5 Å². The van der Waals surface area contributed by atoms with Crippen LogP contribution >= 0.6 is 0 Å². The van der Waals surface area contributed by atoms with Crippen LogP contribution in [0.25, 0.3) is 0 Å². The number of hydrogen-bond donors (Lipinski definition) is 2. The van der Waals surface area contributed by atoms with Crippen molar-refractivity contribution >= 4 is 21.4 Å². The van der Waals surface area contributed by atoms with Crippen LogP contribution in [0.15, 0.2) is 41.3 Å². The third-order valence-corrected chi connectivity index (χ3v) is 4.63. The molecule has 0 spiro atoms. The summed E-state index contributed by atoms with van der Waals surface area (Å²) in [5, 5.41) is 0. The van der Waals surface area contributed by atoms with Gasteiger partial charge in [0, 0.05) is 5.56 Å². The van der Waals surface area contributed by atoms with Crippen LogP contribution in [0.5, 0.6) is 0 Å². The first-order valence-corrected chi connectivity index (χ1v) is 7.78. The molecule has 0 heterocycles. The smallest absolute Gasteiger partial charge is 0.263 e. The van der Waals surface area contributed by atoms with Crippen molar-refractivity contribution in [1.29, 1.82) is 0 Å². The van der Waals surface area contributed by atoms with E-state index in [1.807, 2.05) is 13.8 Å². The molecule has 2 aromatic rings. The average molecular weight is 300 g/mol. The van der Waals surface area contributed by atoms with Crippen molar-refractivity contribution in [2.75, 3.05) is 10.5 Å². The van der Waals surface area contributed by atoms with Crippen molar-refractivity contribution in [1.82, 2.24) is 0 Å². The highest BCUT2D eigenvalue weighted by Gasteiger charge is 2.18. The zero-order valence-corrected chi connectivity index (χ0v) is 12.7. The third-order valence-electron chi connectivity index (χ3n) is 3.20. The molecule has 0 bridgehead atoms. The van der Waals surface area contributed by atoms with Crippen LogP contribution in [-0.4, -0.2) is 8.42 Å². The fourth-order valence-corrected chi connectivity index (χ4v) is 3.18. The fourth-order valence-electron chi connectivity index (χ4n) is 1.93. The lowest BCUT2D eigenvalue weighted by atomic mass is 10.1. The van der Waals surface area contributed by atoms with E-state index in [4.69, 9.17) is 12.2 Å². The summed E-state index contributed by atoms with van der Waals surface area (Å²) in [6, 6.07) is 9.86. The molecule has 2 rings (SSSR count). The Morgan fingerprint density at radius 3 is 2.48 bits per heavy atom. The SMILES string of the molecule is C#Cc1cccc(NS(=O)(=O)c2cc(C)c(C)cc2N)c1. The van der Waals surface area contributed by atoms with Gasteiger partial charge >= 0.3 is 0 Å². The maximum absolute atomic E-state index is 12.4. The van der Waals surface area contributed by atoms with Gasteiger partial charge in [0.2, 0.25) is 0 Å². The quantitative estimate of drug-likeness (QED) is 0.676. The third kappa shape index (κ3) is 3.18. The highest BCUT2D eigenvalue weighted by molar-refractivity contribution is 7.92. The van der Waals surface area contributed by atoms with Crippen LogP contribution in [0.4, 0.5) is 11.4 Å². The fraction of sp³-hybridized carbons (Fsp3) is 0.125. The van der Waals surface area contributed by atoms with Gasteiger partial charge in [-0.1, -0.05) is 12.0 Å². The summed E-state index contributed by atoms with van der Waals surface area (Å²) >= 11 is 0. The van der Waals surface area contributed by atoms with Gasteiger partial charge in [-0.05, 0) is 55.3 Å². The highest BCUT2D eigenvalue weighted by atomic mass is 32.2. The van der Waals surface area contributed by atoms with Gasteiger partial charge in [0.05, 0.1) is 11.4 Å². The van der Waals surface area contributed by atoms with Crippen molar-refractivity contribution in [2.45, 2.75) is 18.7 Å². The van der Waals surface area contributed by atoms with E-state index in [0.717, 1.165) is 11.1 Å². The highest BCUT2D eigenvalue weighted by Crippen LogP contribution is 2.25. The maximum atomic E-state index is 12.4. The number of benzene rings is 2. The van der Waals surface area contributed by atoms with E-state index in [1.165, 1.54) is 0 Å². The minimum absolute atomic E-state index is 0.0664. The summed E-state index contributed by atoms with van der Waals surface area (Å²) in [7, 11) is -3.75. The summed E-state index contributed by atoms with van der Waals surface area (Å²) in [4.78, 5) is 0.0664. The summed E-state index contributed by atoms with van der Waals surface area (Å²) in [6.45, 7) is 3.72. The number of rotatable bonds is 3. The van der Waals surface area contributed by atoms with E-state index in [1.54, 1.807) is 36.4 Å². The molecule has 5 heteroatoms. The Bertz CT molecular complexity index is 834. The van der Waals surface area contributed by atoms with Gasteiger partial charge in [0.15, 0.2) is 0 Å². The molecule has 0 aromatic heterocycles. The molecule has 0 atom stereocenters. The molecule has 108 valence electrons. The van der Waals surface area contributed by atoms with Gasteiger partial charge in [0.25, 0.3) is 10.0 Å². The minimum Gasteiger partial charge on any atom is -0.398 e. The monoisotopic (exact) mass is 300 g/mol. The predicted molar refractivity (Wildman–Crippen MR) is 85.5 cm³/mol. The number of nitrogen functional groups attached to an aromatic ring is 1. The van der Waals surface area contributed by atoms with Crippen LogP contribution in [0.3, 0.4) is 0 Å². The number of hydrogen-bond acceptors (Lipinski definition) is 3. The molecule has 3 N–H and O–H groups in total. The van der Waals surface area contributed by atoms with Crippen LogP contribution in [0.1, 0.15) is 16.7 Å². The average Bonchev–Trinajstić information content (AvgIpc) is 2.42. The van der Waals surface area contributed by atoms with Crippen molar-refractivity contribution in [3.8, 4) is 12.3 Å². The molecule has 0 unspecified atom stereocenters. The summed E-state index contributed by atoms with van der Waals surface area (Å²) in [5.74, 6) is 2.46. The van der Waals surface area contributed by atoms with Crippen LogP contribution in [-0.2, 0) is 10.0 Å². The second-order valence-electron chi connectivity index (χ2n) is 4.80. The first-order valence-electron chi connectivity index (χ1n) is 6.29. The van der Waals surface area contributed by atoms with Gasteiger partial charge < -0.3 is 5.73 Å². The zero-order valence-electron chi connectivity index (χ0n) is 11.8. The Kier molecular flexibility index (Phi) is 3.92. The lowest BCUT2D eigenvalue weighted by Crippen LogP contribution is -2.15. The van der Waals surface area contributed by atoms with Crippen molar-refractivity contribution in [3.05, 3.63) is 53.1 Å². The number of sulfonamides is 1. The summed E-state index contributed by atoms with van der Waals surface area (Å²) in [5.41, 5.74) is 8.87. The summed E-state index contributed by atoms with van der Waals surface area (Å²) < 4.78 is 27.4. The normalized spacial score (nSPS) is 10.9. The van der Waals surface area contributed by atoms with E-state index in [-0.39, 0.29) is 10.6 Å². The zero-order chi connectivity index (χ0) is 15.6. The molecular formula is C16H16N2O2S. The van der Waals surface area contributed by atoms with E-state index in [0.29, 0.717) is 11.3 Å². The topological polar surface area (TPSA) is 72.2 Å². The van der Waals surface area contributed by atoms with Gasteiger partial charge in [-0.2, -0.15) is 0 Å². The number of terminal acetylenes is 1. The van der Waals surface area contributed by atoms with Gasteiger partial charge in [-0.3, -0.25) is 4.72 Å². The molecule has 2 aromatic carbocycles. The molecule has 0 radical (unpaired) electrons. The molecule has 4 nitrogen and oxygen atoms in total. The number of anilines is 2. The Labute approximate surface area is 125 Å². The van der Waals surface area contributed by atoms with E-state index >= 15 is 0 Å². The summed E-state index contributed by atoms with van der Waals surface area (Å²) in [6.07, 6.45) is 5.31. The molecule has 0 aliphatic heterocycles. The number of nitrogens with two attached hydrogens (primary N) is 1. The first-order chi connectivity index (χ1) is 9.83. The van der Waals surface area contributed by atoms with Gasteiger partial charge in [-0.25, -0.2) is 8.42 Å². The molecule has 0 saturated heterocycles. The Morgan fingerprint density at radius 2 is 1.81 bits per heavy atom. The minimum atomic E-state index is -3.75. The predicted octanol–water partition coefficient (Wildman–Crippen LogP) is 2.67. The lowest BCUT2D eigenvalue weighted by Gasteiger charge is -2.12. The molecule has 0 aliphatic rings. The standard InChI is InChI=1S/C16H16N2O2S/c1-4-13-6-5-7-14(10-13)18-21(19,20)16-9-12(3)11(2)8-15(16)17/h1,5-10,18H,17H2,2-3H3. The van der Waals surface area contributed by atoms with Crippen molar-refractivity contribution < 1.29 is 8.42 Å². The molecular weight excluding hydrogens is 284 g/mol. The molecule has 0 aliphatic carbocycles. The van der Waals surface area contributed by atoms with Gasteiger partial charge in [-0.15, -0.1) is 6.42 Å². The molecule has 21 heavy (non-hydrogen) atoms. The van der Waals surface area contributed by atoms with Crippen LogP contribution in [0.2, 0.25) is 0 Å². The number of aryl methyl sites for hydroxylation is 2. The first kappa shape index (κ1) is 14.9. The molecule has 0 fully saturated rings.